The molecule has 1 atom stereocenters. The number of nitrogens with zero attached hydrogens (tertiary/aromatic N) is 3. The molecule has 3 aromatic rings. The van der Waals surface area contributed by atoms with E-state index in [1.165, 1.54) is 0 Å². The van der Waals surface area contributed by atoms with E-state index in [1.807, 2.05) is 24.3 Å². The third kappa shape index (κ3) is 4.54. The quantitative estimate of drug-likeness (QED) is 0.406. The van der Waals surface area contributed by atoms with Gasteiger partial charge in [0.05, 0.1) is 24.1 Å². The van der Waals surface area contributed by atoms with E-state index in [1.54, 1.807) is 23.1 Å². The molecule has 2 aromatic heterocycles. The van der Waals surface area contributed by atoms with Crippen LogP contribution in [0.5, 0.6) is 5.75 Å². The molecule has 0 saturated carbocycles. The van der Waals surface area contributed by atoms with Gasteiger partial charge in [-0.3, -0.25) is 4.57 Å². The van der Waals surface area contributed by atoms with E-state index in [2.05, 4.69) is 39.2 Å². The van der Waals surface area contributed by atoms with E-state index < -0.39 is 0 Å². The van der Waals surface area contributed by atoms with Crippen molar-refractivity contribution < 1.29 is 9.47 Å². The maximum atomic E-state index is 5.91. The van der Waals surface area contributed by atoms with Gasteiger partial charge in [0, 0.05) is 12.4 Å². The average molecular weight is 402 g/mol. The zero-order valence-electron chi connectivity index (χ0n) is 15.3. The zero-order valence-corrected chi connectivity index (χ0v) is 17.0. The fourth-order valence-electron chi connectivity index (χ4n) is 3.14. The molecule has 0 spiro atoms. The van der Waals surface area contributed by atoms with Gasteiger partial charge in [0.25, 0.3) is 0 Å². The Hall–Kier alpha value is -1.83. The molecule has 27 heavy (non-hydrogen) atoms. The molecule has 0 amide bonds. The third-order valence-electron chi connectivity index (χ3n) is 4.53. The van der Waals surface area contributed by atoms with Gasteiger partial charge in [0.1, 0.15) is 5.75 Å². The number of hydrogen-bond donors (Lipinski definition) is 0. The molecular formula is C20H23N3O2S2. The number of aryl methyl sites for hydroxylation is 1. The van der Waals surface area contributed by atoms with Crippen molar-refractivity contribution in [1.29, 1.82) is 0 Å². The highest BCUT2D eigenvalue weighted by Crippen LogP contribution is 2.29. The summed E-state index contributed by atoms with van der Waals surface area (Å²) < 4.78 is 14.0. The largest absolute Gasteiger partial charge is 0.492 e. The van der Waals surface area contributed by atoms with Crippen LogP contribution in [0, 0.1) is 6.92 Å². The molecule has 0 bridgehead atoms. The van der Waals surface area contributed by atoms with E-state index in [9.17, 15) is 0 Å². The second-order valence-corrected chi connectivity index (χ2v) is 8.50. The standard InChI is InChI=1S/C20H23N3O2S2/c1-15-6-2-3-8-17(15)25-11-13-27-20-22-21-19(18-9-5-12-26-18)23(20)14-16-7-4-10-24-16/h2-3,5-6,8-9,12,16H,4,7,10-11,13-14H2,1H3. The van der Waals surface area contributed by atoms with Crippen LogP contribution in [0.1, 0.15) is 18.4 Å². The first-order valence-electron chi connectivity index (χ1n) is 9.21. The number of rotatable bonds is 8. The van der Waals surface area contributed by atoms with Crippen LogP contribution in [0.2, 0.25) is 0 Å². The summed E-state index contributed by atoms with van der Waals surface area (Å²) >= 11 is 3.38. The summed E-state index contributed by atoms with van der Waals surface area (Å²) in [5.74, 6) is 2.70. The lowest BCUT2D eigenvalue weighted by molar-refractivity contribution is 0.0953. The Bertz CT molecular complexity index is 858. The van der Waals surface area contributed by atoms with E-state index >= 15 is 0 Å². The molecule has 7 heteroatoms. The fourth-order valence-corrected chi connectivity index (χ4v) is 4.62. The molecule has 0 aliphatic carbocycles. The Morgan fingerprint density at radius 3 is 2.96 bits per heavy atom. The molecule has 1 aliphatic rings. The fraction of sp³-hybridized carbons (Fsp3) is 0.400. The van der Waals surface area contributed by atoms with Gasteiger partial charge in [-0.05, 0) is 42.8 Å². The van der Waals surface area contributed by atoms with Crippen LogP contribution < -0.4 is 4.74 Å². The first-order chi connectivity index (χ1) is 13.3. The molecule has 1 aromatic carbocycles. The van der Waals surface area contributed by atoms with Crippen LogP contribution in [0.25, 0.3) is 10.7 Å². The zero-order chi connectivity index (χ0) is 18.5. The monoisotopic (exact) mass is 401 g/mol. The van der Waals surface area contributed by atoms with E-state index in [0.717, 1.165) is 58.9 Å². The summed E-state index contributed by atoms with van der Waals surface area (Å²) in [5.41, 5.74) is 1.16. The lowest BCUT2D eigenvalue weighted by atomic mass is 10.2. The summed E-state index contributed by atoms with van der Waals surface area (Å²) in [6.07, 6.45) is 2.48. The van der Waals surface area contributed by atoms with Crippen LogP contribution in [0.15, 0.2) is 46.9 Å². The molecule has 1 saturated heterocycles. The predicted octanol–water partition coefficient (Wildman–Crippen LogP) is 4.67. The van der Waals surface area contributed by atoms with E-state index in [4.69, 9.17) is 9.47 Å². The van der Waals surface area contributed by atoms with Crippen molar-refractivity contribution in [2.24, 2.45) is 0 Å². The highest BCUT2D eigenvalue weighted by Gasteiger charge is 2.22. The predicted molar refractivity (Wildman–Crippen MR) is 110 cm³/mol. The summed E-state index contributed by atoms with van der Waals surface area (Å²) in [6, 6.07) is 12.2. The summed E-state index contributed by atoms with van der Waals surface area (Å²) in [4.78, 5) is 1.14. The highest BCUT2D eigenvalue weighted by molar-refractivity contribution is 7.99. The minimum atomic E-state index is 0.252. The average Bonchev–Trinajstić information content (AvgIpc) is 3.43. The lowest BCUT2D eigenvalue weighted by Gasteiger charge is -2.14. The van der Waals surface area contributed by atoms with Crippen LogP contribution in [0.4, 0.5) is 0 Å². The lowest BCUT2D eigenvalue weighted by Crippen LogP contribution is -2.16. The number of thioether (sulfide) groups is 1. The molecule has 142 valence electrons. The number of thiophene rings is 1. The van der Waals surface area contributed by atoms with E-state index in [-0.39, 0.29) is 6.10 Å². The molecule has 4 rings (SSSR count). The van der Waals surface area contributed by atoms with Gasteiger partial charge in [-0.1, -0.05) is 36.0 Å². The van der Waals surface area contributed by atoms with E-state index in [0.29, 0.717) is 6.61 Å². The highest BCUT2D eigenvalue weighted by atomic mass is 32.2. The van der Waals surface area contributed by atoms with Crippen molar-refractivity contribution >= 4 is 23.1 Å². The van der Waals surface area contributed by atoms with Crippen molar-refractivity contribution in [3.63, 3.8) is 0 Å². The van der Waals surface area contributed by atoms with Crippen molar-refractivity contribution in [3.05, 3.63) is 47.3 Å². The minimum Gasteiger partial charge on any atom is -0.492 e. The van der Waals surface area contributed by atoms with Crippen LogP contribution in [0.3, 0.4) is 0 Å². The number of aromatic nitrogens is 3. The Labute approximate surface area is 167 Å². The first-order valence-corrected chi connectivity index (χ1v) is 11.1. The van der Waals surface area contributed by atoms with Crippen molar-refractivity contribution in [2.45, 2.75) is 37.6 Å². The van der Waals surface area contributed by atoms with Crippen LogP contribution in [-0.2, 0) is 11.3 Å². The van der Waals surface area contributed by atoms with Gasteiger partial charge in [0.2, 0.25) is 0 Å². The van der Waals surface area contributed by atoms with Crippen LogP contribution in [-0.4, -0.2) is 39.8 Å². The molecule has 1 aliphatic heterocycles. The molecule has 0 N–H and O–H groups in total. The van der Waals surface area contributed by atoms with Crippen LogP contribution >= 0.6 is 23.1 Å². The molecule has 1 unspecified atom stereocenters. The maximum Gasteiger partial charge on any atom is 0.191 e. The number of para-hydroxylation sites is 1. The summed E-state index contributed by atoms with van der Waals surface area (Å²) in [6.45, 7) is 4.36. The minimum absolute atomic E-state index is 0.252. The Balaban J connectivity index is 1.42. The first kappa shape index (κ1) is 18.5. The maximum absolute atomic E-state index is 5.91. The molecule has 0 radical (unpaired) electrons. The Kier molecular flexibility index (Phi) is 6.11. The van der Waals surface area contributed by atoms with Gasteiger partial charge in [0.15, 0.2) is 11.0 Å². The smallest absolute Gasteiger partial charge is 0.191 e. The molecule has 3 heterocycles. The third-order valence-corrected chi connectivity index (χ3v) is 6.33. The summed E-state index contributed by atoms with van der Waals surface area (Å²) in [5, 5.41) is 11.9. The van der Waals surface area contributed by atoms with Gasteiger partial charge in [-0.15, -0.1) is 21.5 Å². The molecule has 1 fully saturated rings. The Morgan fingerprint density at radius 2 is 2.19 bits per heavy atom. The normalized spacial score (nSPS) is 16.7. The van der Waals surface area contributed by atoms with Gasteiger partial charge in [-0.25, -0.2) is 0 Å². The topological polar surface area (TPSA) is 49.2 Å². The Morgan fingerprint density at radius 1 is 1.26 bits per heavy atom. The van der Waals surface area contributed by atoms with Gasteiger partial charge in [-0.2, -0.15) is 0 Å². The van der Waals surface area contributed by atoms with Crippen molar-refractivity contribution in [3.8, 4) is 16.5 Å². The summed E-state index contributed by atoms with van der Waals surface area (Å²) in [7, 11) is 0. The molecular weight excluding hydrogens is 378 g/mol. The SMILES string of the molecule is Cc1ccccc1OCCSc1nnc(-c2cccs2)n1CC1CCCO1. The second kappa shape index (κ2) is 8.91. The second-order valence-electron chi connectivity index (χ2n) is 6.49. The van der Waals surface area contributed by atoms with Gasteiger partial charge >= 0.3 is 0 Å². The van der Waals surface area contributed by atoms with Crippen molar-refractivity contribution in [1.82, 2.24) is 14.8 Å². The number of benzene rings is 1. The number of hydrogen-bond acceptors (Lipinski definition) is 6. The number of ether oxygens (including phenoxy) is 2. The van der Waals surface area contributed by atoms with Gasteiger partial charge < -0.3 is 9.47 Å². The molecule has 5 nitrogen and oxygen atoms in total. The van der Waals surface area contributed by atoms with Crippen molar-refractivity contribution in [2.75, 3.05) is 19.0 Å².